The summed E-state index contributed by atoms with van der Waals surface area (Å²) in [6.07, 6.45) is -11.4. The largest absolute Gasteiger partial charge is 0.433 e. The number of para-hydroxylation sites is 1. The second-order valence-electron chi connectivity index (χ2n) is 6.67. The topological polar surface area (TPSA) is 36.4 Å². The molecule has 160 valence electrons. The number of halogens is 7. The fourth-order valence-corrected chi connectivity index (χ4v) is 3.29. The first-order valence-corrected chi connectivity index (χ1v) is 8.98. The maximum Gasteiger partial charge on any atom is 0.433 e. The lowest BCUT2D eigenvalue weighted by molar-refractivity contribution is -0.142. The van der Waals surface area contributed by atoms with Crippen LogP contribution in [-0.4, -0.2) is 23.7 Å². The third kappa shape index (κ3) is 4.62. The van der Waals surface area contributed by atoms with Crippen molar-refractivity contribution in [1.82, 2.24) is 4.98 Å². The lowest BCUT2D eigenvalue weighted by atomic mass is 9.99. The fourth-order valence-electron chi connectivity index (χ4n) is 3.10. The molecule has 10 heteroatoms. The van der Waals surface area contributed by atoms with Crippen molar-refractivity contribution >= 4 is 28.2 Å². The van der Waals surface area contributed by atoms with Crippen LogP contribution in [-0.2, 0) is 12.4 Å². The number of rotatable bonds is 4. The maximum absolute atomic E-state index is 13.3. The van der Waals surface area contributed by atoms with E-state index in [-0.39, 0.29) is 17.5 Å². The molecule has 0 saturated carbocycles. The van der Waals surface area contributed by atoms with Crippen LogP contribution in [0.1, 0.15) is 22.9 Å². The molecule has 0 bridgehead atoms. The second-order valence-corrected chi connectivity index (χ2v) is 7.11. The van der Waals surface area contributed by atoms with Gasteiger partial charge in [0.15, 0.2) is 0 Å². The first kappa shape index (κ1) is 22.2. The number of benzene rings is 2. The molecule has 30 heavy (non-hydrogen) atoms. The Bertz CT molecular complexity index is 1070. The number of hydrogen-bond donors (Lipinski definition) is 1. The number of aliphatic hydroxyl groups is 1. The molecule has 1 unspecified atom stereocenters. The highest BCUT2D eigenvalue weighted by Crippen LogP contribution is 2.39. The van der Waals surface area contributed by atoms with E-state index in [1.165, 1.54) is 11.0 Å². The minimum Gasteiger partial charge on any atom is -0.387 e. The lowest BCUT2D eigenvalue weighted by Crippen LogP contribution is -2.25. The standard InChI is InChI=1S/C20H15ClF6N2O/c1-29(12-5-2-4-11(21)8-12)10-16(30)14-9-17(20(25,26)27)28-18-13(14)6-3-7-15(18)19(22,23)24/h2-9,16,30H,10H2,1H3. The van der Waals surface area contributed by atoms with Gasteiger partial charge in [0.1, 0.15) is 5.69 Å². The molecular weight excluding hydrogens is 434 g/mol. The molecular formula is C20H15ClF6N2O. The van der Waals surface area contributed by atoms with Crippen molar-refractivity contribution in [2.24, 2.45) is 0 Å². The quantitative estimate of drug-likeness (QED) is 0.490. The van der Waals surface area contributed by atoms with Crippen LogP contribution >= 0.6 is 11.6 Å². The minimum atomic E-state index is -4.99. The van der Waals surface area contributed by atoms with E-state index < -0.39 is 35.2 Å². The number of aromatic nitrogens is 1. The van der Waals surface area contributed by atoms with E-state index in [4.69, 9.17) is 11.6 Å². The Kier molecular flexibility index (Phi) is 5.88. The van der Waals surface area contributed by atoms with Gasteiger partial charge in [0, 0.05) is 29.7 Å². The number of nitrogens with zero attached hydrogens (tertiary/aromatic N) is 2. The number of likely N-dealkylation sites (N-methyl/N-ethyl adjacent to an activating group) is 1. The third-order valence-corrected chi connectivity index (χ3v) is 4.76. The zero-order valence-corrected chi connectivity index (χ0v) is 16.1. The molecule has 1 aromatic heterocycles. The van der Waals surface area contributed by atoms with Crippen molar-refractivity contribution < 1.29 is 31.4 Å². The van der Waals surface area contributed by atoms with Gasteiger partial charge in [0.25, 0.3) is 0 Å². The molecule has 3 rings (SSSR count). The summed E-state index contributed by atoms with van der Waals surface area (Å²) in [7, 11) is 1.57. The Morgan fingerprint density at radius 1 is 1.00 bits per heavy atom. The Labute approximate surface area is 172 Å². The van der Waals surface area contributed by atoms with Crippen molar-refractivity contribution in [3.8, 4) is 0 Å². The van der Waals surface area contributed by atoms with E-state index in [0.29, 0.717) is 22.8 Å². The molecule has 3 nitrogen and oxygen atoms in total. The monoisotopic (exact) mass is 448 g/mol. The van der Waals surface area contributed by atoms with Crippen LogP contribution in [0.4, 0.5) is 32.0 Å². The Balaban J connectivity index is 2.11. The number of aliphatic hydroxyl groups excluding tert-OH is 1. The number of hydrogen-bond acceptors (Lipinski definition) is 3. The predicted octanol–water partition coefficient (Wildman–Crippen LogP) is 6.10. The van der Waals surface area contributed by atoms with Gasteiger partial charge in [-0.2, -0.15) is 26.3 Å². The van der Waals surface area contributed by atoms with Gasteiger partial charge in [-0.1, -0.05) is 29.8 Å². The molecule has 0 aliphatic heterocycles. The molecule has 1 heterocycles. The smallest absolute Gasteiger partial charge is 0.387 e. The molecule has 0 radical (unpaired) electrons. The van der Waals surface area contributed by atoms with Crippen molar-refractivity contribution in [3.63, 3.8) is 0 Å². The average molecular weight is 449 g/mol. The summed E-state index contributed by atoms with van der Waals surface area (Å²) in [5, 5.41) is 10.9. The van der Waals surface area contributed by atoms with E-state index in [1.54, 1.807) is 31.3 Å². The summed E-state index contributed by atoms with van der Waals surface area (Å²) >= 11 is 5.92. The zero-order valence-electron chi connectivity index (χ0n) is 15.4. The van der Waals surface area contributed by atoms with Crippen molar-refractivity contribution in [1.29, 1.82) is 0 Å². The highest BCUT2D eigenvalue weighted by molar-refractivity contribution is 6.30. The van der Waals surface area contributed by atoms with Crippen LogP contribution in [0, 0.1) is 0 Å². The summed E-state index contributed by atoms with van der Waals surface area (Å²) in [6.45, 7) is -0.188. The van der Waals surface area contributed by atoms with Gasteiger partial charge in [-0.25, -0.2) is 4.98 Å². The van der Waals surface area contributed by atoms with Gasteiger partial charge in [-0.15, -0.1) is 0 Å². The van der Waals surface area contributed by atoms with E-state index in [1.807, 2.05) is 0 Å². The first-order valence-electron chi connectivity index (χ1n) is 8.60. The minimum absolute atomic E-state index is 0.188. The SMILES string of the molecule is CN(CC(O)c1cc(C(F)(F)F)nc2c(C(F)(F)F)cccc12)c1cccc(Cl)c1. The van der Waals surface area contributed by atoms with Crippen molar-refractivity contribution in [2.45, 2.75) is 18.5 Å². The molecule has 0 amide bonds. The number of anilines is 1. The Hall–Kier alpha value is -2.52. The highest BCUT2D eigenvalue weighted by atomic mass is 35.5. The normalized spacial score (nSPS) is 13.5. The van der Waals surface area contributed by atoms with Gasteiger partial charge < -0.3 is 10.0 Å². The molecule has 0 spiro atoms. The molecule has 0 fully saturated rings. The third-order valence-electron chi connectivity index (χ3n) is 4.52. The van der Waals surface area contributed by atoms with Crippen molar-refractivity contribution in [2.75, 3.05) is 18.5 Å². The Morgan fingerprint density at radius 3 is 2.27 bits per heavy atom. The zero-order chi connectivity index (χ0) is 22.3. The molecule has 0 saturated heterocycles. The summed E-state index contributed by atoms with van der Waals surface area (Å²) in [4.78, 5) is 4.75. The summed E-state index contributed by atoms with van der Waals surface area (Å²) < 4.78 is 80.0. The number of alkyl halides is 6. The van der Waals surface area contributed by atoms with Gasteiger partial charge in [0.05, 0.1) is 17.2 Å². The molecule has 1 atom stereocenters. The highest BCUT2D eigenvalue weighted by Gasteiger charge is 2.38. The van der Waals surface area contributed by atoms with E-state index >= 15 is 0 Å². The van der Waals surface area contributed by atoms with Crippen LogP contribution in [0.25, 0.3) is 10.9 Å². The van der Waals surface area contributed by atoms with Crippen molar-refractivity contribution in [3.05, 3.63) is 70.4 Å². The van der Waals surface area contributed by atoms with Crippen LogP contribution in [0.2, 0.25) is 5.02 Å². The number of fused-ring (bicyclic) bond motifs is 1. The van der Waals surface area contributed by atoms with Gasteiger partial charge >= 0.3 is 12.4 Å². The molecule has 0 aliphatic carbocycles. The fraction of sp³-hybridized carbons (Fsp3) is 0.250. The predicted molar refractivity (Wildman–Crippen MR) is 101 cm³/mol. The van der Waals surface area contributed by atoms with E-state index in [2.05, 4.69) is 4.98 Å². The van der Waals surface area contributed by atoms with E-state index in [9.17, 15) is 31.4 Å². The number of pyridine rings is 1. The molecule has 1 N–H and O–H groups in total. The molecule has 3 aromatic rings. The van der Waals surface area contributed by atoms with Crippen LogP contribution in [0.5, 0.6) is 0 Å². The average Bonchev–Trinajstić information content (AvgIpc) is 2.65. The molecule has 0 aliphatic rings. The van der Waals surface area contributed by atoms with Crippen LogP contribution in [0.3, 0.4) is 0 Å². The lowest BCUT2D eigenvalue weighted by Gasteiger charge is -2.25. The molecule has 2 aromatic carbocycles. The second kappa shape index (κ2) is 7.96. The van der Waals surface area contributed by atoms with Gasteiger partial charge in [-0.3, -0.25) is 0 Å². The summed E-state index contributed by atoms with van der Waals surface area (Å²) in [5.41, 5.74) is -3.40. The van der Waals surface area contributed by atoms with Gasteiger partial charge in [0.2, 0.25) is 0 Å². The Morgan fingerprint density at radius 2 is 1.67 bits per heavy atom. The van der Waals surface area contributed by atoms with Crippen LogP contribution in [0.15, 0.2) is 48.5 Å². The van der Waals surface area contributed by atoms with Crippen LogP contribution < -0.4 is 4.90 Å². The first-order chi connectivity index (χ1) is 13.9. The maximum atomic E-state index is 13.3. The summed E-state index contributed by atoms with van der Waals surface area (Å²) in [6, 6.07) is 10.0. The summed E-state index contributed by atoms with van der Waals surface area (Å²) in [5.74, 6) is 0. The van der Waals surface area contributed by atoms with Gasteiger partial charge in [-0.05, 0) is 35.9 Å². The van der Waals surface area contributed by atoms with E-state index in [0.717, 1.165) is 6.07 Å².